The number of H-pyrrole nitrogens is 1. The first-order valence-electron chi connectivity index (χ1n) is 12.4. The summed E-state index contributed by atoms with van der Waals surface area (Å²) in [5.74, 6) is -3.65. The molecule has 1 saturated heterocycles. The minimum absolute atomic E-state index is 0.0904. The van der Waals surface area contributed by atoms with Crippen LogP contribution in [-0.4, -0.2) is 61.1 Å². The number of amides is 1. The van der Waals surface area contributed by atoms with Crippen LogP contribution in [0.1, 0.15) is 27.3 Å². The lowest BCUT2D eigenvalue weighted by molar-refractivity contribution is -0.137. The fourth-order valence-corrected chi connectivity index (χ4v) is 4.96. The van der Waals surface area contributed by atoms with Crippen molar-refractivity contribution in [3.05, 3.63) is 71.4 Å². The van der Waals surface area contributed by atoms with Crippen molar-refractivity contribution in [2.45, 2.75) is 25.1 Å². The van der Waals surface area contributed by atoms with Gasteiger partial charge in [0.25, 0.3) is 11.8 Å². The second-order valence-corrected chi connectivity index (χ2v) is 9.87. The summed E-state index contributed by atoms with van der Waals surface area (Å²) in [6.45, 7) is -0.597. The Morgan fingerprint density at radius 2 is 1.85 bits per heavy atom. The van der Waals surface area contributed by atoms with E-state index >= 15 is 0 Å². The predicted octanol–water partition coefficient (Wildman–Crippen LogP) is 4.62. The molecule has 0 unspecified atom stereocenters. The van der Waals surface area contributed by atoms with E-state index in [1.54, 1.807) is 59.2 Å². The van der Waals surface area contributed by atoms with Crippen molar-refractivity contribution < 1.29 is 26.7 Å². The van der Waals surface area contributed by atoms with Gasteiger partial charge in [0, 0.05) is 42.9 Å². The minimum atomic E-state index is -4.69. The third-order valence-corrected chi connectivity index (χ3v) is 7.13. The number of anilines is 3. The molecule has 4 aromatic rings. The molecule has 2 aliphatic rings. The Balaban J connectivity index is 1.25. The highest BCUT2D eigenvalue weighted by molar-refractivity contribution is 5.94. The largest absolute Gasteiger partial charge is 0.421 e. The van der Waals surface area contributed by atoms with E-state index in [0.717, 1.165) is 33.5 Å². The van der Waals surface area contributed by atoms with Crippen LogP contribution >= 0.6 is 0 Å². The van der Waals surface area contributed by atoms with Crippen molar-refractivity contribution in [3.8, 4) is 11.1 Å². The summed E-state index contributed by atoms with van der Waals surface area (Å²) in [6.07, 6.45) is -0.104. The summed E-state index contributed by atoms with van der Waals surface area (Å²) in [6, 6.07) is 8.50. The summed E-state index contributed by atoms with van der Waals surface area (Å²) < 4.78 is 69.7. The molecule has 14 heteroatoms. The van der Waals surface area contributed by atoms with E-state index in [4.69, 9.17) is 0 Å². The Labute approximate surface area is 224 Å². The molecule has 0 radical (unpaired) electrons. The second-order valence-electron chi connectivity index (χ2n) is 9.87. The van der Waals surface area contributed by atoms with Gasteiger partial charge in [-0.15, -0.1) is 0 Å². The van der Waals surface area contributed by atoms with Gasteiger partial charge in [0.15, 0.2) is 0 Å². The molecule has 2 N–H and O–H groups in total. The zero-order valence-electron chi connectivity index (χ0n) is 21.1. The Hall–Kier alpha value is -4.49. The number of rotatable bonds is 5. The summed E-state index contributed by atoms with van der Waals surface area (Å²) in [5.41, 5.74) is 2.98. The van der Waals surface area contributed by atoms with Gasteiger partial charge in [0.05, 0.1) is 25.8 Å². The average Bonchev–Trinajstić information content (AvgIpc) is 3.55. The average molecular weight is 559 g/mol. The van der Waals surface area contributed by atoms with Crippen LogP contribution in [0.3, 0.4) is 0 Å². The maximum Gasteiger partial charge on any atom is 0.421 e. The fourth-order valence-electron chi connectivity index (χ4n) is 4.96. The smallest absolute Gasteiger partial charge is 0.342 e. The van der Waals surface area contributed by atoms with Gasteiger partial charge in [0.1, 0.15) is 17.1 Å². The number of halogens is 5. The van der Waals surface area contributed by atoms with Crippen LogP contribution in [-0.2, 0) is 26.2 Å². The van der Waals surface area contributed by atoms with Crippen LogP contribution < -0.4 is 10.2 Å². The second kappa shape index (κ2) is 9.31. The van der Waals surface area contributed by atoms with E-state index in [1.807, 2.05) is 0 Å². The molecule has 2 aliphatic heterocycles. The van der Waals surface area contributed by atoms with Gasteiger partial charge in [-0.3, -0.25) is 9.89 Å². The number of aromatic amines is 1. The molecule has 0 aliphatic carbocycles. The van der Waals surface area contributed by atoms with E-state index < -0.39 is 36.7 Å². The molecule has 9 nitrogen and oxygen atoms in total. The molecule has 5 heterocycles. The molecule has 0 saturated carbocycles. The highest BCUT2D eigenvalue weighted by Gasteiger charge is 2.47. The Morgan fingerprint density at radius 1 is 1.10 bits per heavy atom. The first-order chi connectivity index (χ1) is 19.0. The van der Waals surface area contributed by atoms with Gasteiger partial charge in [-0.1, -0.05) is 12.1 Å². The van der Waals surface area contributed by atoms with Crippen molar-refractivity contribution >= 4 is 23.4 Å². The van der Waals surface area contributed by atoms with Crippen LogP contribution in [0.15, 0.2) is 48.9 Å². The molecular formula is C26H23F5N8O. The van der Waals surface area contributed by atoms with Gasteiger partial charge >= 0.3 is 6.18 Å². The highest BCUT2D eigenvalue weighted by Crippen LogP contribution is 2.37. The molecule has 1 aromatic carbocycles. The van der Waals surface area contributed by atoms with E-state index in [-0.39, 0.29) is 24.0 Å². The summed E-state index contributed by atoms with van der Waals surface area (Å²) in [5, 5.41) is 9.38. The van der Waals surface area contributed by atoms with Gasteiger partial charge in [0.2, 0.25) is 5.95 Å². The molecule has 208 valence electrons. The Kier molecular flexibility index (Phi) is 6.00. The number of carbonyl (C=O) groups excluding carboxylic acids is 1. The van der Waals surface area contributed by atoms with Gasteiger partial charge < -0.3 is 19.7 Å². The number of nitrogens with one attached hydrogen (secondary N) is 2. The molecule has 0 atom stereocenters. The lowest BCUT2D eigenvalue weighted by Gasteiger charge is -2.38. The number of nitrogens with zero attached hydrogens (tertiary/aromatic N) is 6. The highest BCUT2D eigenvalue weighted by atomic mass is 19.4. The first-order valence-corrected chi connectivity index (χ1v) is 12.4. The summed E-state index contributed by atoms with van der Waals surface area (Å²) >= 11 is 0. The van der Waals surface area contributed by atoms with E-state index in [1.165, 1.54) is 0 Å². The number of aromatic nitrogens is 5. The van der Waals surface area contributed by atoms with Gasteiger partial charge in [-0.25, -0.2) is 13.8 Å². The molecule has 3 aromatic heterocycles. The van der Waals surface area contributed by atoms with Crippen molar-refractivity contribution in [3.63, 3.8) is 0 Å². The van der Waals surface area contributed by atoms with Gasteiger partial charge in [-0.2, -0.15) is 23.3 Å². The number of likely N-dealkylation sites (tertiary alicyclic amines) is 1. The Bertz CT molecular complexity index is 1560. The normalized spacial score (nSPS) is 16.4. The zero-order chi connectivity index (χ0) is 28.2. The minimum Gasteiger partial charge on any atom is -0.342 e. The summed E-state index contributed by atoms with van der Waals surface area (Å²) in [7, 11) is 1.67. The van der Waals surface area contributed by atoms with Gasteiger partial charge in [-0.05, 0) is 35.7 Å². The third kappa shape index (κ3) is 4.73. The van der Waals surface area contributed by atoms with Crippen LogP contribution in [0.2, 0.25) is 0 Å². The van der Waals surface area contributed by atoms with Crippen LogP contribution in [0, 0.1) is 0 Å². The number of benzene rings is 1. The molecule has 6 rings (SSSR count). The standard InChI is InChI=1S/C26H23F5N8O/c1-37-20(23(40)39-13-25(27,28)14-39)8-16-6-7-38(12-21(16)37)24-32-11-19(26(29,30)31)22(36-24)35-18-4-2-15(3-5-18)17-9-33-34-10-17/h2-5,8-11H,6-7,12-14H2,1H3,(H,33,34)(H,32,35,36). The van der Waals surface area contributed by atoms with E-state index in [0.29, 0.717) is 18.7 Å². The molecule has 0 spiro atoms. The molecule has 1 fully saturated rings. The molecule has 0 bridgehead atoms. The maximum atomic E-state index is 13.8. The number of carbonyl (C=O) groups is 1. The quantitative estimate of drug-likeness (QED) is 0.347. The first kappa shape index (κ1) is 25.8. The third-order valence-electron chi connectivity index (χ3n) is 7.13. The van der Waals surface area contributed by atoms with Crippen molar-refractivity contribution in [1.29, 1.82) is 0 Å². The number of alkyl halides is 5. The predicted molar refractivity (Wildman–Crippen MR) is 135 cm³/mol. The fraction of sp³-hybridized carbons (Fsp3) is 0.308. The Morgan fingerprint density at radius 3 is 2.50 bits per heavy atom. The van der Waals surface area contributed by atoms with Crippen molar-refractivity contribution in [2.75, 3.05) is 29.9 Å². The number of fused-ring (bicyclic) bond motifs is 1. The van der Waals surface area contributed by atoms with Crippen LogP contribution in [0.5, 0.6) is 0 Å². The maximum absolute atomic E-state index is 13.8. The monoisotopic (exact) mass is 558 g/mol. The molecule has 40 heavy (non-hydrogen) atoms. The molecular weight excluding hydrogens is 535 g/mol. The molecule has 1 amide bonds. The summed E-state index contributed by atoms with van der Waals surface area (Å²) in [4.78, 5) is 23.8. The van der Waals surface area contributed by atoms with Crippen LogP contribution in [0.4, 0.5) is 39.4 Å². The number of hydrogen-bond acceptors (Lipinski definition) is 6. The lowest BCUT2D eigenvalue weighted by Crippen LogP contribution is -2.58. The SMILES string of the molecule is Cn1c(C(=O)N2CC(F)(F)C2)cc2c1CN(c1ncc(C(F)(F)F)c(Nc3ccc(-c4cn[nH]c4)cc3)n1)CC2. The van der Waals surface area contributed by atoms with Crippen LogP contribution in [0.25, 0.3) is 11.1 Å². The van der Waals surface area contributed by atoms with Crippen molar-refractivity contribution in [1.82, 2.24) is 29.6 Å². The van der Waals surface area contributed by atoms with E-state index in [9.17, 15) is 26.7 Å². The topological polar surface area (TPSA) is 95.0 Å². The lowest BCUT2D eigenvalue weighted by atomic mass is 10.1. The number of hydrogen-bond donors (Lipinski definition) is 2. The van der Waals surface area contributed by atoms with E-state index in [2.05, 4.69) is 25.5 Å². The van der Waals surface area contributed by atoms with Crippen molar-refractivity contribution in [2.24, 2.45) is 7.05 Å². The zero-order valence-corrected chi connectivity index (χ0v) is 21.1.